The minimum Gasteiger partial charge on any atom is -0.348 e. The van der Waals surface area contributed by atoms with Gasteiger partial charge in [0.15, 0.2) is 17.9 Å². The van der Waals surface area contributed by atoms with E-state index in [4.69, 9.17) is 9.47 Å². The molecule has 33 heavy (non-hydrogen) atoms. The molecule has 0 amide bonds. The Morgan fingerprint density at radius 3 is 2.21 bits per heavy atom. The molecule has 0 bridgehead atoms. The lowest BCUT2D eigenvalue weighted by Gasteiger charge is -2.24. The molecule has 4 rings (SSSR count). The van der Waals surface area contributed by atoms with Crippen LogP contribution in [0.1, 0.15) is 43.6 Å². The first-order chi connectivity index (χ1) is 16.1. The summed E-state index contributed by atoms with van der Waals surface area (Å²) in [6, 6.07) is 15.2. The van der Waals surface area contributed by atoms with Crippen molar-refractivity contribution in [3.05, 3.63) is 95.3 Å². The zero-order chi connectivity index (χ0) is 23.2. The first kappa shape index (κ1) is 23.3. The van der Waals surface area contributed by atoms with Gasteiger partial charge in [0.05, 0.1) is 13.2 Å². The molecule has 0 spiro atoms. The van der Waals surface area contributed by atoms with Gasteiger partial charge in [-0.2, -0.15) is 0 Å². The van der Waals surface area contributed by atoms with E-state index < -0.39 is 23.7 Å². The lowest BCUT2D eigenvalue weighted by Crippen LogP contribution is -2.18. The Balaban J connectivity index is 1.52. The summed E-state index contributed by atoms with van der Waals surface area (Å²) in [5.74, 6) is -2.05. The lowest BCUT2D eigenvalue weighted by atomic mass is 9.97. The largest absolute Gasteiger partial charge is 0.348 e. The number of hydrogen-bond acceptors (Lipinski definition) is 2. The van der Waals surface area contributed by atoms with Crippen LogP contribution in [0.2, 0.25) is 0 Å². The van der Waals surface area contributed by atoms with Crippen molar-refractivity contribution in [3.63, 3.8) is 0 Å². The minimum atomic E-state index is -0.845. The molecular formula is C28H27F3O2. The van der Waals surface area contributed by atoms with Gasteiger partial charge < -0.3 is 9.47 Å². The average molecular weight is 453 g/mol. The van der Waals surface area contributed by atoms with E-state index in [2.05, 4.69) is 0 Å². The third-order valence-corrected chi connectivity index (χ3v) is 5.76. The van der Waals surface area contributed by atoms with Gasteiger partial charge in [-0.05, 0) is 54.0 Å². The van der Waals surface area contributed by atoms with Gasteiger partial charge >= 0.3 is 0 Å². The topological polar surface area (TPSA) is 18.5 Å². The van der Waals surface area contributed by atoms with Crippen LogP contribution in [0, 0.1) is 17.5 Å². The maximum atomic E-state index is 14.8. The predicted octanol–water partition coefficient (Wildman–Crippen LogP) is 7.77. The molecule has 0 N–H and O–H groups in total. The average Bonchev–Trinajstić information content (AvgIpc) is 2.85. The first-order valence-electron chi connectivity index (χ1n) is 11.3. The van der Waals surface area contributed by atoms with Crippen molar-refractivity contribution >= 4 is 0 Å². The van der Waals surface area contributed by atoms with Crippen LogP contribution >= 0.6 is 0 Å². The van der Waals surface area contributed by atoms with E-state index in [1.54, 1.807) is 48.5 Å². The lowest BCUT2D eigenvalue weighted by molar-refractivity contribution is -0.184. The summed E-state index contributed by atoms with van der Waals surface area (Å²) in [4.78, 5) is 0. The quantitative estimate of drug-likeness (QED) is 0.341. The van der Waals surface area contributed by atoms with Crippen molar-refractivity contribution in [1.82, 2.24) is 0 Å². The Hall–Kier alpha value is -2.89. The van der Waals surface area contributed by atoms with Crippen LogP contribution < -0.4 is 0 Å². The third kappa shape index (κ3) is 5.37. The fraction of sp³-hybridized carbons (Fsp3) is 0.286. The normalized spacial score (nSPS) is 14.8. The number of aryl methyl sites for hydroxylation is 1. The molecule has 1 aliphatic rings. The van der Waals surface area contributed by atoms with Crippen molar-refractivity contribution in [1.29, 1.82) is 0 Å². The molecule has 3 aromatic rings. The zero-order valence-electron chi connectivity index (χ0n) is 18.6. The summed E-state index contributed by atoms with van der Waals surface area (Å²) in [7, 11) is 0. The van der Waals surface area contributed by atoms with Gasteiger partial charge in [0.1, 0.15) is 5.82 Å². The smallest absolute Gasteiger partial charge is 0.186 e. The second-order valence-corrected chi connectivity index (χ2v) is 8.06. The van der Waals surface area contributed by atoms with E-state index in [0.29, 0.717) is 48.3 Å². The molecule has 3 aromatic carbocycles. The van der Waals surface area contributed by atoms with Crippen molar-refractivity contribution in [2.24, 2.45) is 0 Å². The van der Waals surface area contributed by atoms with Gasteiger partial charge in [0, 0.05) is 11.1 Å². The van der Waals surface area contributed by atoms with Crippen LogP contribution in [0.25, 0.3) is 22.3 Å². The number of benzene rings is 3. The highest BCUT2D eigenvalue weighted by molar-refractivity contribution is 5.71. The van der Waals surface area contributed by atoms with E-state index in [1.807, 2.05) is 19.1 Å². The molecular weight excluding hydrogens is 425 g/mol. The second-order valence-electron chi connectivity index (χ2n) is 8.06. The SMILES string of the molecule is CC/C=C/CCc1ccc(-c2ccc(-c3ccc(C4OCCCO4)c(F)c3)cc2)c(F)c1F. The Morgan fingerprint density at radius 1 is 0.818 bits per heavy atom. The fourth-order valence-corrected chi connectivity index (χ4v) is 3.94. The molecule has 1 saturated heterocycles. The van der Waals surface area contributed by atoms with E-state index >= 15 is 0 Å². The Morgan fingerprint density at radius 2 is 1.52 bits per heavy atom. The van der Waals surface area contributed by atoms with Crippen LogP contribution in [0.3, 0.4) is 0 Å². The highest BCUT2D eigenvalue weighted by atomic mass is 19.2. The monoisotopic (exact) mass is 452 g/mol. The van der Waals surface area contributed by atoms with Crippen molar-refractivity contribution in [3.8, 4) is 22.3 Å². The first-order valence-corrected chi connectivity index (χ1v) is 11.3. The Bertz CT molecular complexity index is 1120. The number of allylic oxidation sites excluding steroid dienone is 2. The minimum absolute atomic E-state index is 0.208. The van der Waals surface area contributed by atoms with E-state index in [-0.39, 0.29) is 5.56 Å². The molecule has 0 atom stereocenters. The van der Waals surface area contributed by atoms with Gasteiger partial charge in [-0.3, -0.25) is 0 Å². The van der Waals surface area contributed by atoms with Crippen molar-refractivity contribution in [2.45, 2.75) is 38.9 Å². The van der Waals surface area contributed by atoms with E-state index in [9.17, 15) is 13.2 Å². The summed E-state index contributed by atoms with van der Waals surface area (Å²) in [6.07, 6.45) is 6.16. The highest BCUT2D eigenvalue weighted by Crippen LogP contribution is 2.32. The van der Waals surface area contributed by atoms with Crippen molar-refractivity contribution < 1.29 is 22.6 Å². The van der Waals surface area contributed by atoms with Gasteiger partial charge in [0.25, 0.3) is 0 Å². The van der Waals surface area contributed by atoms with E-state index in [1.165, 1.54) is 6.07 Å². The summed E-state index contributed by atoms with van der Waals surface area (Å²) in [5.41, 5.74) is 2.97. The summed E-state index contributed by atoms with van der Waals surface area (Å²) in [5, 5.41) is 0. The highest BCUT2D eigenvalue weighted by Gasteiger charge is 2.20. The molecule has 0 saturated carbocycles. The third-order valence-electron chi connectivity index (χ3n) is 5.76. The molecule has 0 radical (unpaired) electrons. The number of halogens is 3. The molecule has 2 nitrogen and oxygen atoms in total. The Labute approximate surface area is 192 Å². The van der Waals surface area contributed by atoms with Gasteiger partial charge in [-0.1, -0.05) is 67.6 Å². The second kappa shape index (κ2) is 10.8. The Kier molecular flexibility index (Phi) is 7.63. The summed E-state index contributed by atoms with van der Waals surface area (Å²) in [6.45, 7) is 3.12. The van der Waals surface area contributed by atoms with Gasteiger partial charge in [-0.25, -0.2) is 13.2 Å². The maximum Gasteiger partial charge on any atom is 0.186 e. The number of rotatable bonds is 7. The van der Waals surface area contributed by atoms with Crippen LogP contribution in [-0.2, 0) is 15.9 Å². The molecule has 5 heteroatoms. The molecule has 1 aliphatic heterocycles. The molecule has 0 aliphatic carbocycles. The number of hydrogen-bond donors (Lipinski definition) is 0. The molecule has 0 aromatic heterocycles. The fourth-order valence-electron chi connectivity index (χ4n) is 3.94. The zero-order valence-corrected chi connectivity index (χ0v) is 18.6. The van der Waals surface area contributed by atoms with Crippen LogP contribution in [0.5, 0.6) is 0 Å². The molecule has 0 unspecified atom stereocenters. The van der Waals surface area contributed by atoms with Crippen LogP contribution in [0.4, 0.5) is 13.2 Å². The summed E-state index contributed by atoms with van der Waals surface area (Å²) >= 11 is 0. The van der Waals surface area contributed by atoms with Gasteiger partial charge in [0.2, 0.25) is 0 Å². The maximum absolute atomic E-state index is 14.8. The van der Waals surface area contributed by atoms with Crippen LogP contribution in [0.15, 0.2) is 66.7 Å². The predicted molar refractivity (Wildman–Crippen MR) is 124 cm³/mol. The summed E-state index contributed by atoms with van der Waals surface area (Å²) < 4.78 is 55.0. The molecule has 1 heterocycles. The van der Waals surface area contributed by atoms with Gasteiger partial charge in [-0.15, -0.1) is 0 Å². The van der Waals surface area contributed by atoms with Crippen LogP contribution in [-0.4, -0.2) is 13.2 Å². The standard InChI is InChI=1S/C28H27F3O2/c1-2-3-4-5-7-21-12-14-23(27(31)26(21)30)20-10-8-19(9-11-20)22-13-15-24(25(29)18-22)28-32-16-6-17-33-28/h3-4,8-15,18,28H,2,5-7,16-17H2,1H3/b4-3+. The molecule has 172 valence electrons. The van der Waals surface area contributed by atoms with E-state index in [0.717, 1.165) is 18.4 Å². The number of ether oxygens (including phenoxy) is 2. The van der Waals surface area contributed by atoms with Crippen molar-refractivity contribution in [2.75, 3.05) is 13.2 Å². The molecule has 1 fully saturated rings.